The predicted octanol–water partition coefficient (Wildman–Crippen LogP) is 3.78. The standard InChI is InChI=1S/C10H6BrClFN3/c11-6-1-3-7(4-2-6)15-9-8(13)5-14-10(12)16-9/h1-5H,(H,14,15,16). The molecular formula is C10H6BrClFN3. The second-order valence-corrected chi connectivity index (χ2v) is 4.22. The van der Waals surface area contributed by atoms with Crippen LogP contribution in [0.5, 0.6) is 0 Å². The van der Waals surface area contributed by atoms with Gasteiger partial charge in [-0.2, -0.15) is 4.98 Å². The Morgan fingerprint density at radius 1 is 1.25 bits per heavy atom. The Balaban J connectivity index is 2.26. The first kappa shape index (κ1) is 11.3. The van der Waals surface area contributed by atoms with Gasteiger partial charge < -0.3 is 5.32 Å². The van der Waals surface area contributed by atoms with Gasteiger partial charge in [-0.05, 0) is 35.9 Å². The van der Waals surface area contributed by atoms with Crippen LogP contribution in [0.4, 0.5) is 15.9 Å². The third-order valence-electron chi connectivity index (χ3n) is 1.82. The Morgan fingerprint density at radius 3 is 2.62 bits per heavy atom. The Morgan fingerprint density at radius 2 is 1.94 bits per heavy atom. The van der Waals surface area contributed by atoms with Crippen molar-refractivity contribution >= 4 is 39.0 Å². The topological polar surface area (TPSA) is 37.8 Å². The summed E-state index contributed by atoms with van der Waals surface area (Å²) in [6.07, 6.45) is 1.02. The minimum absolute atomic E-state index is 0.000937. The SMILES string of the molecule is Fc1cnc(Cl)nc1Nc1ccc(Br)cc1. The fraction of sp³-hybridized carbons (Fsp3) is 0. The van der Waals surface area contributed by atoms with E-state index < -0.39 is 5.82 Å². The summed E-state index contributed by atoms with van der Waals surface area (Å²) >= 11 is 8.88. The predicted molar refractivity (Wildman–Crippen MR) is 64.4 cm³/mol. The van der Waals surface area contributed by atoms with Crippen molar-refractivity contribution < 1.29 is 4.39 Å². The zero-order chi connectivity index (χ0) is 11.5. The fourth-order valence-electron chi connectivity index (χ4n) is 1.10. The van der Waals surface area contributed by atoms with E-state index in [0.29, 0.717) is 0 Å². The molecule has 0 fully saturated rings. The van der Waals surface area contributed by atoms with Gasteiger partial charge in [-0.1, -0.05) is 15.9 Å². The van der Waals surface area contributed by atoms with Crippen LogP contribution in [0.15, 0.2) is 34.9 Å². The summed E-state index contributed by atoms with van der Waals surface area (Å²) in [5.41, 5.74) is 0.719. The number of hydrogen-bond acceptors (Lipinski definition) is 3. The van der Waals surface area contributed by atoms with E-state index >= 15 is 0 Å². The first-order valence-electron chi connectivity index (χ1n) is 4.36. The Bertz CT molecular complexity index is 504. The molecule has 0 saturated carbocycles. The molecule has 3 nitrogen and oxygen atoms in total. The van der Waals surface area contributed by atoms with Gasteiger partial charge in [-0.15, -0.1) is 0 Å². The molecule has 2 aromatic rings. The van der Waals surface area contributed by atoms with E-state index in [9.17, 15) is 4.39 Å². The quantitative estimate of drug-likeness (QED) is 0.858. The van der Waals surface area contributed by atoms with Crippen LogP contribution >= 0.6 is 27.5 Å². The molecule has 6 heteroatoms. The van der Waals surface area contributed by atoms with Crippen LogP contribution in [0.2, 0.25) is 5.28 Å². The maximum atomic E-state index is 13.3. The van der Waals surface area contributed by atoms with E-state index in [1.807, 2.05) is 12.1 Å². The van der Waals surface area contributed by atoms with Crippen LogP contribution in [0.3, 0.4) is 0 Å². The van der Waals surface area contributed by atoms with Gasteiger partial charge in [0.05, 0.1) is 6.20 Å². The van der Waals surface area contributed by atoms with Gasteiger partial charge in [-0.3, -0.25) is 0 Å². The summed E-state index contributed by atoms with van der Waals surface area (Å²) in [6.45, 7) is 0. The molecule has 0 unspecified atom stereocenters. The number of rotatable bonds is 2. The third-order valence-corrected chi connectivity index (χ3v) is 2.53. The molecule has 0 aliphatic heterocycles. The molecule has 0 atom stereocenters. The lowest BCUT2D eigenvalue weighted by Gasteiger charge is -2.06. The first-order chi connectivity index (χ1) is 7.65. The van der Waals surface area contributed by atoms with Crippen LogP contribution < -0.4 is 5.32 Å². The van der Waals surface area contributed by atoms with Gasteiger partial charge in [-0.25, -0.2) is 9.37 Å². The molecule has 82 valence electrons. The molecule has 0 aliphatic carbocycles. The van der Waals surface area contributed by atoms with Gasteiger partial charge in [0.1, 0.15) is 0 Å². The zero-order valence-corrected chi connectivity index (χ0v) is 10.3. The molecule has 1 aromatic heterocycles. The molecule has 1 N–H and O–H groups in total. The fourth-order valence-corrected chi connectivity index (χ4v) is 1.50. The summed E-state index contributed by atoms with van der Waals surface area (Å²) in [5.74, 6) is -0.491. The molecule has 0 bridgehead atoms. The first-order valence-corrected chi connectivity index (χ1v) is 5.53. The van der Waals surface area contributed by atoms with E-state index in [-0.39, 0.29) is 11.1 Å². The molecule has 0 amide bonds. The van der Waals surface area contributed by atoms with Crippen molar-refractivity contribution in [2.75, 3.05) is 5.32 Å². The lowest BCUT2D eigenvalue weighted by atomic mass is 10.3. The normalized spacial score (nSPS) is 10.2. The lowest BCUT2D eigenvalue weighted by molar-refractivity contribution is 0.619. The molecule has 2 rings (SSSR count). The molecular weight excluding hydrogens is 296 g/mol. The maximum absolute atomic E-state index is 13.3. The highest BCUT2D eigenvalue weighted by Crippen LogP contribution is 2.20. The van der Waals surface area contributed by atoms with Crippen LogP contribution in [0.1, 0.15) is 0 Å². The van der Waals surface area contributed by atoms with E-state index in [0.717, 1.165) is 16.4 Å². The number of benzene rings is 1. The molecule has 16 heavy (non-hydrogen) atoms. The summed E-state index contributed by atoms with van der Waals surface area (Å²) in [5, 5.41) is 2.81. The van der Waals surface area contributed by atoms with E-state index in [1.165, 1.54) is 0 Å². The Labute approximate surface area is 105 Å². The molecule has 0 saturated heterocycles. The maximum Gasteiger partial charge on any atom is 0.224 e. The number of anilines is 2. The number of hydrogen-bond donors (Lipinski definition) is 1. The minimum atomic E-state index is -0.549. The Kier molecular flexibility index (Phi) is 3.36. The number of halogens is 3. The molecule has 0 radical (unpaired) electrons. The van der Waals surface area contributed by atoms with Gasteiger partial charge in [0.15, 0.2) is 11.6 Å². The Hall–Kier alpha value is -1.20. The van der Waals surface area contributed by atoms with Crippen LogP contribution in [-0.4, -0.2) is 9.97 Å². The van der Waals surface area contributed by atoms with Crippen molar-refractivity contribution in [1.29, 1.82) is 0 Å². The lowest BCUT2D eigenvalue weighted by Crippen LogP contribution is -1.98. The summed E-state index contributed by atoms with van der Waals surface area (Å²) < 4.78 is 14.2. The van der Waals surface area contributed by atoms with Crippen molar-refractivity contribution in [2.45, 2.75) is 0 Å². The van der Waals surface area contributed by atoms with Crippen LogP contribution in [0, 0.1) is 5.82 Å². The molecule has 1 heterocycles. The van der Waals surface area contributed by atoms with Crippen molar-refractivity contribution in [1.82, 2.24) is 9.97 Å². The highest BCUT2D eigenvalue weighted by atomic mass is 79.9. The third kappa shape index (κ3) is 2.68. The summed E-state index contributed by atoms with van der Waals surface area (Å²) in [4.78, 5) is 7.27. The monoisotopic (exact) mass is 301 g/mol. The largest absolute Gasteiger partial charge is 0.338 e. The van der Waals surface area contributed by atoms with Crippen molar-refractivity contribution in [3.8, 4) is 0 Å². The van der Waals surface area contributed by atoms with Gasteiger partial charge in [0.25, 0.3) is 0 Å². The summed E-state index contributed by atoms with van der Waals surface area (Å²) in [7, 11) is 0. The highest BCUT2D eigenvalue weighted by Gasteiger charge is 2.05. The van der Waals surface area contributed by atoms with Crippen LogP contribution in [-0.2, 0) is 0 Å². The van der Waals surface area contributed by atoms with Gasteiger partial charge >= 0.3 is 0 Å². The second kappa shape index (κ2) is 4.76. The van der Waals surface area contributed by atoms with E-state index in [4.69, 9.17) is 11.6 Å². The molecule has 0 spiro atoms. The number of aromatic nitrogens is 2. The average Bonchev–Trinajstić information content (AvgIpc) is 2.27. The van der Waals surface area contributed by atoms with E-state index in [2.05, 4.69) is 31.2 Å². The summed E-state index contributed by atoms with van der Waals surface area (Å²) in [6, 6.07) is 7.26. The van der Waals surface area contributed by atoms with E-state index in [1.54, 1.807) is 12.1 Å². The van der Waals surface area contributed by atoms with Crippen molar-refractivity contribution in [3.05, 3.63) is 46.0 Å². The van der Waals surface area contributed by atoms with Crippen LogP contribution in [0.25, 0.3) is 0 Å². The minimum Gasteiger partial charge on any atom is -0.338 e. The molecule has 0 aliphatic rings. The zero-order valence-electron chi connectivity index (χ0n) is 7.92. The highest BCUT2D eigenvalue weighted by molar-refractivity contribution is 9.10. The number of nitrogens with zero attached hydrogens (tertiary/aromatic N) is 2. The molecule has 1 aromatic carbocycles. The average molecular weight is 303 g/mol. The smallest absolute Gasteiger partial charge is 0.224 e. The van der Waals surface area contributed by atoms with Crippen molar-refractivity contribution in [2.24, 2.45) is 0 Å². The second-order valence-electron chi connectivity index (χ2n) is 2.97. The van der Waals surface area contributed by atoms with Gasteiger partial charge in [0.2, 0.25) is 5.28 Å². The van der Waals surface area contributed by atoms with Gasteiger partial charge in [0, 0.05) is 10.2 Å². The van der Waals surface area contributed by atoms with Crippen molar-refractivity contribution in [3.63, 3.8) is 0 Å². The number of nitrogens with one attached hydrogen (secondary N) is 1.